The third-order valence-electron chi connectivity index (χ3n) is 2.33. The van der Waals surface area contributed by atoms with Crippen LogP contribution in [0.4, 0.5) is 0 Å². The minimum Gasteiger partial charge on any atom is -0.358 e. The molecule has 0 fully saturated rings. The second-order valence-electron chi connectivity index (χ2n) is 3.49. The van der Waals surface area contributed by atoms with Crippen molar-refractivity contribution in [3.8, 4) is 0 Å². The first-order valence-corrected chi connectivity index (χ1v) is 5.98. The predicted octanol–water partition coefficient (Wildman–Crippen LogP) is 5.95. The maximum absolute atomic E-state index is 2.24. The Balaban J connectivity index is -0.0000000873. The quantitative estimate of drug-likeness (QED) is 0.314. The van der Waals surface area contributed by atoms with Crippen LogP contribution in [0.3, 0.4) is 0 Å². The maximum atomic E-state index is 2.24. The molecule has 18 heavy (non-hydrogen) atoms. The van der Waals surface area contributed by atoms with E-state index >= 15 is 0 Å². The van der Waals surface area contributed by atoms with Crippen LogP contribution in [-0.4, -0.2) is 0 Å². The van der Waals surface area contributed by atoms with Gasteiger partial charge < -0.3 is 14.9 Å². The molecule has 0 heterocycles. The first kappa shape index (κ1) is 26.1. The first-order valence-electron chi connectivity index (χ1n) is 5.98. The van der Waals surface area contributed by atoms with E-state index in [1.54, 1.807) is 0 Å². The molecule has 0 saturated heterocycles. The molecule has 106 valence electrons. The fourth-order valence-corrected chi connectivity index (χ4v) is 1.25. The van der Waals surface area contributed by atoms with Gasteiger partial charge in [0.25, 0.3) is 0 Å². The Bertz CT molecular complexity index is 250. The van der Waals surface area contributed by atoms with Crippen molar-refractivity contribution >= 4 is 0 Å². The van der Waals surface area contributed by atoms with Crippen molar-refractivity contribution in [1.29, 1.82) is 0 Å². The molecule has 0 aliphatic heterocycles. The number of hydrogen-bond acceptors (Lipinski definition) is 0. The van der Waals surface area contributed by atoms with Crippen molar-refractivity contribution in [3.63, 3.8) is 0 Å². The number of benzene rings is 1. The molecule has 1 aliphatic carbocycles. The molecule has 1 aliphatic rings. The van der Waals surface area contributed by atoms with E-state index in [1.807, 2.05) is 13.8 Å². The first-order chi connectivity index (χ1) is 7.30. The van der Waals surface area contributed by atoms with Gasteiger partial charge in [0.1, 0.15) is 0 Å². The molecule has 0 unspecified atom stereocenters. The fraction of sp³-hybridized carbons (Fsp3) is 0.412. The summed E-state index contributed by atoms with van der Waals surface area (Å²) in [6.07, 6.45) is 8.50. The van der Waals surface area contributed by atoms with Gasteiger partial charge in [-0.25, -0.2) is 0 Å². The van der Waals surface area contributed by atoms with Gasteiger partial charge in [-0.1, -0.05) is 50.3 Å². The van der Waals surface area contributed by atoms with E-state index in [9.17, 15) is 0 Å². The molecule has 1 aromatic carbocycles. The molecule has 0 spiro atoms. The standard InChI is InChI=1S/C8H10.C5H8.C2H6.2CH3.Fe/c1-7-5-3-4-6-8(7)2;1-2-4-5-3-1;1-2;;;/h3-6H,1-2H3;1-2H,3-5H2;1-2H3;2*1H3;/q;;;2*-1;+2. The SMILES string of the molecule is C1=CCCC1.CC.Cc1ccccc1C.[CH3-].[CH3-].[Fe+2]. The van der Waals surface area contributed by atoms with E-state index < -0.39 is 0 Å². The molecule has 1 heteroatoms. The largest absolute Gasteiger partial charge is 2.00 e. The van der Waals surface area contributed by atoms with Crippen molar-refractivity contribution in [2.45, 2.75) is 47.0 Å². The number of aryl methyl sites for hydroxylation is 2. The Morgan fingerprint density at radius 3 is 1.28 bits per heavy atom. The van der Waals surface area contributed by atoms with Crippen LogP contribution in [0.15, 0.2) is 36.4 Å². The molecule has 1 aromatic rings. The molecule has 2 rings (SSSR count). The maximum Gasteiger partial charge on any atom is 2.00 e. The van der Waals surface area contributed by atoms with Crippen LogP contribution >= 0.6 is 0 Å². The monoisotopic (exact) mass is 290 g/mol. The van der Waals surface area contributed by atoms with Crippen molar-refractivity contribution in [2.24, 2.45) is 0 Å². The van der Waals surface area contributed by atoms with Gasteiger partial charge in [0.2, 0.25) is 0 Å². The van der Waals surface area contributed by atoms with Crippen molar-refractivity contribution < 1.29 is 17.1 Å². The fourth-order valence-electron chi connectivity index (χ4n) is 1.25. The van der Waals surface area contributed by atoms with Crippen molar-refractivity contribution in [3.05, 3.63) is 62.4 Å². The van der Waals surface area contributed by atoms with Gasteiger partial charge in [0.05, 0.1) is 0 Å². The van der Waals surface area contributed by atoms with E-state index in [0.29, 0.717) is 0 Å². The van der Waals surface area contributed by atoms with Crippen molar-refractivity contribution in [1.82, 2.24) is 0 Å². The van der Waals surface area contributed by atoms with Crippen LogP contribution in [0.25, 0.3) is 0 Å². The average molecular weight is 290 g/mol. The van der Waals surface area contributed by atoms with Crippen LogP contribution in [-0.2, 0) is 17.1 Å². The Morgan fingerprint density at radius 1 is 0.778 bits per heavy atom. The third kappa shape index (κ3) is 13.5. The van der Waals surface area contributed by atoms with E-state index in [2.05, 4.69) is 50.3 Å². The van der Waals surface area contributed by atoms with Crippen LogP contribution < -0.4 is 0 Å². The van der Waals surface area contributed by atoms with Crippen LogP contribution in [0.2, 0.25) is 0 Å². The van der Waals surface area contributed by atoms with Crippen LogP contribution in [0, 0.1) is 28.7 Å². The van der Waals surface area contributed by atoms with Crippen LogP contribution in [0.5, 0.6) is 0 Å². The summed E-state index contributed by atoms with van der Waals surface area (Å²) >= 11 is 0. The summed E-state index contributed by atoms with van der Waals surface area (Å²) in [5.74, 6) is 0. The number of hydrogen-bond donors (Lipinski definition) is 0. The number of rotatable bonds is 0. The van der Waals surface area contributed by atoms with Crippen LogP contribution in [0.1, 0.15) is 44.2 Å². The smallest absolute Gasteiger partial charge is 0.358 e. The predicted molar refractivity (Wildman–Crippen MR) is 83.1 cm³/mol. The normalized spacial score (nSPS) is 10.2. The minimum atomic E-state index is 0. The third-order valence-corrected chi connectivity index (χ3v) is 2.33. The van der Waals surface area contributed by atoms with E-state index in [-0.39, 0.29) is 31.9 Å². The van der Waals surface area contributed by atoms with E-state index in [0.717, 1.165) is 0 Å². The molecule has 0 atom stereocenters. The summed E-state index contributed by atoms with van der Waals surface area (Å²) in [6.45, 7) is 8.24. The van der Waals surface area contributed by atoms with Gasteiger partial charge in [-0.3, -0.25) is 0 Å². The molecule has 0 aromatic heterocycles. The van der Waals surface area contributed by atoms with E-state index in [4.69, 9.17) is 0 Å². The summed E-state index contributed by atoms with van der Waals surface area (Å²) in [4.78, 5) is 0. The summed E-state index contributed by atoms with van der Waals surface area (Å²) in [5, 5.41) is 0. The molecule has 0 bridgehead atoms. The summed E-state index contributed by atoms with van der Waals surface area (Å²) < 4.78 is 0. The summed E-state index contributed by atoms with van der Waals surface area (Å²) in [7, 11) is 0. The van der Waals surface area contributed by atoms with Gasteiger partial charge in [0, 0.05) is 0 Å². The second-order valence-corrected chi connectivity index (χ2v) is 3.49. The molecular formula is C17H30Fe. The van der Waals surface area contributed by atoms with Gasteiger partial charge in [-0.15, -0.1) is 0 Å². The zero-order valence-corrected chi connectivity index (χ0v) is 14.0. The molecule has 0 saturated carbocycles. The number of allylic oxidation sites excluding steroid dienone is 2. The topological polar surface area (TPSA) is 0 Å². The molecule has 0 N–H and O–H groups in total. The van der Waals surface area contributed by atoms with Gasteiger partial charge in [0.15, 0.2) is 0 Å². The zero-order valence-electron chi connectivity index (χ0n) is 12.9. The molecular weight excluding hydrogens is 260 g/mol. The van der Waals surface area contributed by atoms with Gasteiger partial charge in [-0.2, -0.15) is 0 Å². The molecule has 0 radical (unpaired) electrons. The zero-order chi connectivity index (χ0) is 11.5. The second kappa shape index (κ2) is 18.8. The van der Waals surface area contributed by atoms with Gasteiger partial charge in [-0.05, 0) is 44.2 Å². The Hall–Kier alpha value is -0.521. The molecule has 0 amide bonds. The summed E-state index contributed by atoms with van der Waals surface area (Å²) in [5.41, 5.74) is 2.74. The van der Waals surface area contributed by atoms with E-state index in [1.165, 1.54) is 30.4 Å². The van der Waals surface area contributed by atoms with Gasteiger partial charge >= 0.3 is 17.1 Å². The Kier molecular flexibility index (Phi) is 27.3. The van der Waals surface area contributed by atoms with Crippen molar-refractivity contribution in [2.75, 3.05) is 0 Å². The minimum absolute atomic E-state index is 0. The Labute approximate surface area is 126 Å². The Morgan fingerprint density at radius 2 is 1.11 bits per heavy atom. The molecule has 0 nitrogen and oxygen atoms in total. The average Bonchev–Trinajstić information content (AvgIpc) is 2.84. The summed E-state index contributed by atoms with van der Waals surface area (Å²) in [6, 6.07) is 8.36.